The maximum Gasteiger partial charge on any atom is 0.127 e. The Morgan fingerprint density at radius 3 is 2.67 bits per heavy atom. The van der Waals surface area contributed by atoms with Crippen LogP contribution < -0.4 is 5.32 Å². The van der Waals surface area contributed by atoms with Crippen molar-refractivity contribution in [3.05, 3.63) is 52.1 Å². The minimum Gasteiger partial charge on any atom is -0.304 e. The smallest absolute Gasteiger partial charge is 0.127 e. The molecule has 1 N–H and O–H groups in total. The molecule has 0 saturated carbocycles. The van der Waals surface area contributed by atoms with Gasteiger partial charge in [0, 0.05) is 24.7 Å². The molecular weight excluding hydrogens is 289 g/mol. The van der Waals surface area contributed by atoms with Crippen LogP contribution in [0.25, 0.3) is 0 Å². The summed E-state index contributed by atoms with van der Waals surface area (Å²) >= 11 is 6.37. The average Bonchev–Trinajstić information content (AvgIpc) is 2.80. The molecule has 0 aliphatic carbocycles. The molecule has 1 unspecified atom stereocenters. The average molecular weight is 310 g/mol. The Balaban J connectivity index is 2.13. The number of halogens is 2. The fourth-order valence-electron chi connectivity index (χ4n) is 2.37. The van der Waals surface area contributed by atoms with Crippen molar-refractivity contribution in [2.24, 2.45) is 0 Å². The first kappa shape index (κ1) is 16.0. The molecule has 0 spiro atoms. The van der Waals surface area contributed by atoms with Crippen molar-refractivity contribution in [2.75, 3.05) is 0 Å². The van der Waals surface area contributed by atoms with Gasteiger partial charge in [0.2, 0.25) is 0 Å². The second kappa shape index (κ2) is 7.05. The molecule has 0 aliphatic rings. The fourth-order valence-corrected chi connectivity index (χ4v) is 2.71. The van der Waals surface area contributed by atoms with Gasteiger partial charge in [-0.1, -0.05) is 36.7 Å². The largest absolute Gasteiger partial charge is 0.304 e. The first-order valence-electron chi connectivity index (χ1n) is 7.30. The summed E-state index contributed by atoms with van der Waals surface area (Å²) in [6.45, 7) is 7.35. The fraction of sp³-hybridized carbons (Fsp3) is 0.438. The Kier molecular flexibility index (Phi) is 5.37. The predicted octanol–water partition coefficient (Wildman–Crippen LogP) is 4.11. The van der Waals surface area contributed by atoms with Gasteiger partial charge in [-0.3, -0.25) is 4.68 Å². The van der Waals surface area contributed by atoms with E-state index in [0.29, 0.717) is 17.1 Å². The Hall–Kier alpha value is -1.39. The normalized spacial score (nSPS) is 12.6. The van der Waals surface area contributed by atoms with Crippen molar-refractivity contribution in [3.8, 4) is 0 Å². The van der Waals surface area contributed by atoms with E-state index in [0.717, 1.165) is 24.4 Å². The lowest BCUT2D eigenvalue weighted by Crippen LogP contribution is -2.21. The summed E-state index contributed by atoms with van der Waals surface area (Å²) in [6.07, 6.45) is 0.807. The highest BCUT2D eigenvalue weighted by Crippen LogP contribution is 2.23. The third-order valence-corrected chi connectivity index (χ3v) is 4.08. The number of hydrogen-bond acceptors (Lipinski definition) is 2. The lowest BCUT2D eigenvalue weighted by Gasteiger charge is -2.15. The molecule has 0 amide bonds. The van der Waals surface area contributed by atoms with Crippen LogP contribution in [0.2, 0.25) is 5.02 Å². The molecule has 3 nitrogen and oxygen atoms in total. The minimum atomic E-state index is -0.193. The van der Waals surface area contributed by atoms with Gasteiger partial charge in [0.1, 0.15) is 5.82 Å². The highest BCUT2D eigenvalue weighted by Gasteiger charge is 2.16. The molecule has 0 saturated heterocycles. The molecule has 114 valence electrons. The molecule has 1 atom stereocenters. The maximum absolute atomic E-state index is 13.8. The van der Waals surface area contributed by atoms with E-state index in [1.54, 1.807) is 12.1 Å². The Morgan fingerprint density at radius 1 is 1.33 bits per heavy atom. The standard InChI is InChI=1S/C16H21ClFN3/c1-4-14-16(17)15(21(5-2)20-14)10-19-11(3)12-8-6-7-9-13(12)18/h6-9,11,19H,4-5,10H2,1-3H3. The molecule has 1 aromatic heterocycles. The van der Waals surface area contributed by atoms with Gasteiger partial charge >= 0.3 is 0 Å². The summed E-state index contributed by atoms with van der Waals surface area (Å²) in [7, 11) is 0. The third kappa shape index (κ3) is 3.44. The zero-order chi connectivity index (χ0) is 15.4. The van der Waals surface area contributed by atoms with E-state index in [2.05, 4.69) is 10.4 Å². The van der Waals surface area contributed by atoms with Crippen LogP contribution in [0.4, 0.5) is 4.39 Å². The van der Waals surface area contributed by atoms with Crippen LogP contribution in [0.1, 0.15) is 43.8 Å². The van der Waals surface area contributed by atoms with Gasteiger partial charge in [-0.05, 0) is 26.3 Å². The molecule has 21 heavy (non-hydrogen) atoms. The van der Waals surface area contributed by atoms with Gasteiger partial charge in [0.25, 0.3) is 0 Å². The zero-order valence-electron chi connectivity index (χ0n) is 12.7. The van der Waals surface area contributed by atoms with Gasteiger partial charge in [0.05, 0.1) is 16.4 Å². The van der Waals surface area contributed by atoms with Gasteiger partial charge in [-0.2, -0.15) is 5.10 Å². The van der Waals surface area contributed by atoms with E-state index < -0.39 is 0 Å². The van der Waals surface area contributed by atoms with E-state index in [4.69, 9.17) is 11.6 Å². The predicted molar refractivity (Wildman–Crippen MR) is 83.9 cm³/mol. The van der Waals surface area contributed by atoms with Crippen molar-refractivity contribution in [1.82, 2.24) is 15.1 Å². The second-order valence-corrected chi connectivity index (χ2v) is 5.38. The first-order chi connectivity index (χ1) is 10.1. The van der Waals surface area contributed by atoms with Gasteiger partial charge in [-0.15, -0.1) is 0 Å². The molecule has 0 fully saturated rings. The van der Waals surface area contributed by atoms with Gasteiger partial charge in [-0.25, -0.2) is 4.39 Å². The topological polar surface area (TPSA) is 29.9 Å². The van der Waals surface area contributed by atoms with E-state index >= 15 is 0 Å². The van der Waals surface area contributed by atoms with E-state index in [1.165, 1.54) is 6.07 Å². The molecule has 0 aliphatic heterocycles. The van der Waals surface area contributed by atoms with Crippen molar-refractivity contribution in [2.45, 2.75) is 46.3 Å². The maximum atomic E-state index is 13.8. The van der Waals surface area contributed by atoms with E-state index in [1.807, 2.05) is 31.5 Å². The Morgan fingerprint density at radius 2 is 2.05 bits per heavy atom. The van der Waals surface area contributed by atoms with Crippen LogP contribution >= 0.6 is 11.6 Å². The van der Waals surface area contributed by atoms with Crippen LogP contribution in [-0.4, -0.2) is 9.78 Å². The quantitative estimate of drug-likeness (QED) is 0.870. The second-order valence-electron chi connectivity index (χ2n) is 5.00. The molecule has 0 bridgehead atoms. The molecular formula is C16H21ClFN3. The van der Waals surface area contributed by atoms with Crippen LogP contribution in [0.3, 0.4) is 0 Å². The summed E-state index contributed by atoms with van der Waals surface area (Å²) in [6, 6.07) is 6.72. The monoisotopic (exact) mass is 309 g/mol. The Labute approximate surface area is 130 Å². The molecule has 2 aromatic rings. The highest BCUT2D eigenvalue weighted by atomic mass is 35.5. The van der Waals surface area contributed by atoms with Crippen molar-refractivity contribution >= 4 is 11.6 Å². The van der Waals surface area contributed by atoms with Crippen LogP contribution in [0.15, 0.2) is 24.3 Å². The van der Waals surface area contributed by atoms with E-state index in [-0.39, 0.29) is 11.9 Å². The SMILES string of the molecule is CCc1nn(CC)c(CNC(C)c2ccccc2F)c1Cl. The van der Waals surface area contributed by atoms with Crippen molar-refractivity contribution < 1.29 is 4.39 Å². The molecule has 1 aromatic carbocycles. The number of benzene rings is 1. The lowest BCUT2D eigenvalue weighted by atomic mass is 10.1. The number of nitrogens with one attached hydrogen (secondary N) is 1. The summed E-state index contributed by atoms with van der Waals surface area (Å²) < 4.78 is 15.7. The van der Waals surface area contributed by atoms with Crippen molar-refractivity contribution in [1.29, 1.82) is 0 Å². The van der Waals surface area contributed by atoms with Crippen LogP contribution in [-0.2, 0) is 19.5 Å². The van der Waals surface area contributed by atoms with E-state index in [9.17, 15) is 4.39 Å². The summed E-state index contributed by atoms with van der Waals surface area (Å²) in [5.74, 6) is -0.193. The van der Waals surface area contributed by atoms with Crippen LogP contribution in [0, 0.1) is 5.82 Å². The molecule has 1 heterocycles. The Bertz CT molecular complexity index is 610. The number of aryl methyl sites for hydroxylation is 2. The summed E-state index contributed by atoms with van der Waals surface area (Å²) in [5, 5.41) is 8.52. The number of nitrogens with zero attached hydrogens (tertiary/aromatic N) is 2. The number of hydrogen-bond donors (Lipinski definition) is 1. The number of aromatic nitrogens is 2. The third-order valence-electron chi connectivity index (χ3n) is 3.64. The summed E-state index contributed by atoms with van der Waals surface area (Å²) in [5.41, 5.74) is 2.53. The molecule has 0 radical (unpaired) electrons. The summed E-state index contributed by atoms with van der Waals surface area (Å²) in [4.78, 5) is 0. The molecule has 5 heteroatoms. The molecule has 2 rings (SSSR count). The first-order valence-corrected chi connectivity index (χ1v) is 7.68. The minimum absolute atomic E-state index is 0.0902. The van der Waals surface area contributed by atoms with Crippen molar-refractivity contribution in [3.63, 3.8) is 0 Å². The zero-order valence-corrected chi connectivity index (χ0v) is 13.4. The van der Waals surface area contributed by atoms with Gasteiger partial charge < -0.3 is 5.32 Å². The highest BCUT2D eigenvalue weighted by molar-refractivity contribution is 6.31. The lowest BCUT2D eigenvalue weighted by molar-refractivity contribution is 0.506. The van der Waals surface area contributed by atoms with Gasteiger partial charge in [0.15, 0.2) is 0 Å². The number of rotatable bonds is 6. The van der Waals surface area contributed by atoms with Crippen LogP contribution in [0.5, 0.6) is 0 Å².